The van der Waals surface area contributed by atoms with Crippen LogP contribution in [0.15, 0.2) is 24.3 Å². The third-order valence-electron chi connectivity index (χ3n) is 3.57. The van der Waals surface area contributed by atoms with Gasteiger partial charge in [-0.2, -0.15) is 0 Å². The molecule has 23 heavy (non-hydrogen) atoms. The van der Waals surface area contributed by atoms with Gasteiger partial charge in [-0.1, -0.05) is 38.7 Å². The van der Waals surface area contributed by atoms with E-state index in [0.29, 0.717) is 5.56 Å². The van der Waals surface area contributed by atoms with Crippen LogP contribution in [0, 0.1) is 0 Å². The summed E-state index contributed by atoms with van der Waals surface area (Å²) in [4.78, 5) is 25.2. The Morgan fingerprint density at radius 3 is 2.52 bits per heavy atom. The van der Waals surface area contributed by atoms with E-state index < -0.39 is 0 Å². The molecular formula is C18H29N3O2. The minimum atomic E-state index is -0.0508. The van der Waals surface area contributed by atoms with E-state index in [-0.39, 0.29) is 18.4 Å². The van der Waals surface area contributed by atoms with E-state index in [0.717, 1.165) is 25.1 Å². The average molecular weight is 319 g/mol. The van der Waals surface area contributed by atoms with Gasteiger partial charge in [0.05, 0.1) is 6.54 Å². The third kappa shape index (κ3) is 7.68. The first kappa shape index (κ1) is 19.0. The molecule has 0 saturated heterocycles. The number of benzene rings is 1. The largest absolute Gasteiger partial charge is 0.376 e. The maximum atomic E-state index is 11.9. The molecule has 0 aliphatic carbocycles. The van der Waals surface area contributed by atoms with E-state index in [2.05, 4.69) is 17.6 Å². The molecule has 2 N–H and O–H groups in total. The highest BCUT2D eigenvalue weighted by Crippen LogP contribution is 2.11. The second-order valence-corrected chi connectivity index (χ2v) is 5.90. The Labute approximate surface area is 139 Å². The smallest absolute Gasteiger partial charge is 0.253 e. The summed E-state index contributed by atoms with van der Waals surface area (Å²) in [5.74, 6) is -0.0741. The molecule has 128 valence electrons. The van der Waals surface area contributed by atoms with Crippen LogP contribution < -0.4 is 10.6 Å². The van der Waals surface area contributed by atoms with Gasteiger partial charge in [0.2, 0.25) is 5.91 Å². The standard InChI is InChI=1S/C18H29N3O2/c1-4-5-6-7-8-12-19-17(22)14-20-16-11-9-10-15(13-16)18(23)21(2)3/h9-11,13,20H,4-8,12,14H2,1-3H3,(H,19,22). The Hall–Kier alpha value is -2.04. The van der Waals surface area contributed by atoms with Crippen molar-refractivity contribution in [3.63, 3.8) is 0 Å². The summed E-state index contributed by atoms with van der Waals surface area (Å²) in [6.07, 6.45) is 5.91. The van der Waals surface area contributed by atoms with Crippen molar-refractivity contribution in [2.24, 2.45) is 0 Å². The molecule has 0 spiro atoms. The van der Waals surface area contributed by atoms with Crippen molar-refractivity contribution in [3.05, 3.63) is 29.8 Å². The van der Waals surface area contributed by atoms with E-state index in [1.807, 2.05) is 12.1 Å². The van der Waals surface area contributed by atoms with Crippen LogP contribution in [0.3, 0.4) is 0 Å². The van der Waals surface area contributed by atoms with Gasteiger partial charge in [0.1, 0.15) is 0 Å². The summed E-state index contributed by atoms with van der Waals surface area (Å²) in [5.41, 5.74) is 1.38. The fraction of sp³-hybridized carbons (Fsp3) is 0.556. The predicted molar refractivity (Wildman–Crippen MR) is 94.7 cm³/mol. The van der Waals surface area contributed by atoms with Crippen LogP contribution in [-0.4, -0.2) is 43.9 Å². The zero-order valence-electron chi connectivity index (χ0n) is 14.5. The normalized spacial score (nSPS) is 10.2. The monoisotopic (exact) mass is 319 g/mol. The number of anilines is 1. The molecule has 0 aliphatic heterocycles. The quantitative estimate of drug-likeness (QED) is 0.652. The first-order valence-corrected chi connectivity index (χ1v) is 8.37. The molecule has 0 atom stereocenters. The fourth-order valence-electron chi connectivity index (χ4n) is 2.22. The first-order valence-electron chi connectivity index (χ1n) is 8.37. The molecule has 0 unspecified atom stereocenters. The molecule has 1 rings (SSSR count). The van der Waals surface area contributed by atoms with Crippen molar-refractivity contribution >= 4 is 17.5 Å². The number of unbranched alkanes of at least 4 members (excludes halogenated alkanes) is 4. The summed E-state index contributed by atoms with van der Waals surface area (Å²) >= 11 is 0. The molecule has 1 aromatic carbocycles. The van der Waals surface area contributed by atoms with Crippen LogP contribution in [0.2, 0.25) is 0 Å². The number of carbonyl (C=O) groups excluding carboxylic acids is 2. The first-order chi connectivity index (χ1) is 11.0. The van der Waals surface area contributed by atoms with E-state index in [1.165, 1.54) is 24.2 Å². The Bertz CT molecular complexity index is 501. The second kappa shape index (κ2) is 10.6. The molecule has 0 aromatic heterocycles. The summed E-state index contributed by atoms with van der Waals surface area (Å²) in [7, 11) is 3.44. The molecule has 0 aliphatic rings. The number of amides is 2. The molecule has 0 radical (unpaired) electrons. The van der Waals surface area contributed by atoms with Crippen molar-refractivity contribution in [1.82, 2.24) is 10.2 Å². The Morgan fingerprint density at radius 2 is 1.83 bits per heavy atom. The summed E-state index contributed by atoms with van der Waals surface area (Å²) in [6.45, 7) is 3.13. The SMILES string of the molecule is CCCCCCCNC(=O)CNc1cccc(C(=O)N(C)C)c1. The van der Waals surface area contributed by atoms with Gasteiger partial charge in [-0.05, 0) is 24.6 Å². The Balaban J connectivity index is 2.30. The maximum Gasteiger partial charge on any atom is 0.253 e. The molecule has 5 heteroatoms. The molecule has 0 fully saturated rings. The number of carbonyl (C=O) groups is 2. The van der Waals surface area contributed by atoms with Crippen molar-refractivity contribution in [1.29, 1.82) is 0 Å². The highest BCUT2D eigenvalue weighted by Gasteiger charge is 2.08. The van der Waals surface area contributed by atoms with Crippen LogP contribution in [0.4, 0.5) is 5.69 Å². The molecule has 0 bridgehead atoms. The van der Waals surface area contributed by atoms with Crippen LogP contribution in [0.25, 0.3) is 0 Å². The van der Waals surface area contributed by atoms with Gasteiger partial charge >= 0.3 is 0 Å². The summed E-state index contributed by atoms with van der Waals surface area (Å²) in [5, 5.41) is 5.97. The minimum Gasteiger partial charge on any atom is -0.376 e. The number of nitrogens with zero attached hydrogens (tertiary/aromatic N) is 1. The number of rotatable bonds is 10. The van der Waals surface area contributed by atoms with Gasteiger partial charge in [0, 0.05) is 31.9 Å². The lowest BCUT2D eigenvalue weighted by Crippen LogP contribution is -2.30. The van der Waals surface area contributed by atoms with Crippen LogP contribution in [-0.2, 0) is 4.79 Å². The molecule has 1 aromatic rings. The zero-order valence-corrected chi connectivity index (χ0v) is 14.5. The van der Waals surface area contributed by atoms with Crippen molar-refractivity contribution in [2.75, 3.05) is 32.5 Å². The van der Waals surface area contributed by atoms with Crippen molar-refractivity contribution < 1.29 is 9.59 Å². The molecule has 0 heterocycles. The van der Waals surface area contributed by atoms with Gasteiger partial charge in [0.25, 0.3) is 5.91 Å². The van der Waals surface area contributed by atoms with Crippen LogP contribution >= 0.6 is 0 Å². The molecule has 2 amide bonds. The lowest BCUT2D eigenvalue weighted by atomic mass is 10.1. The molecule has 5 nitrogen and oxygen atoms in total. The highest BCUT2D eigenvalue weighted by atomic mass is 16.2. The minimum absolute atomic E-state index is 0.0233. The van der Waals surface area contributed by atoms with Crippen LogP contribution in [0.5, 0.6) is 0 Å². The second-order valence-electron chi connectivity index (χ2n) is 5.90. The van der Waals surface area contributed by atoms with Crippen LogP contribution in [0.1, 0.15) is 49.4 Å². The maximum absolute atomic E-state index is 11.9. The molecule has 0 saturated carbocycles. The van der Waals surface area contributed by atoms with Gasteiger partial charge in [-0.3, -0.25) is 9.59 Å². The lowest BCUT2D eigenvalue weighted by molar-refractivity contribution is -0.119. The van der Waals surface area contributed by atoms with Gasteiger partial charge in [0.15, 0.2) is 0 Å². The number of nitrogens with one attached hydrogen (secondary N) is 2. The average Bonchev–Trinajstić information content (AvgIpc) is 2.55. The topological polar surface area (TPSA) is 61.4 Å². The number of hydrogen-bond donors (Lipinski definition) is 2. The third-order valence-corrected chi connectivity index (χ3v) is 3.57. The Kier molecular flexibility index (Phi) is 8.80. The van der Waals surface area contributed by atoms with Crippen molar-refractivity contribution in [3.8, 4) is 0 Å². The summed E-state index contributed by atoms with van der Waals surface area (Å²) in [6, 6.07) is 7.19. The van der Waals surface area contributed by atoms with Gasteiger partial charge in [-0.25, -0.2) is 0 Å². The molecular weight excluding hydrogens is 290 g/mol. The van der Waals surface area contributed by atoms with Gasteiger partial charge in [-0.15, -0.1) is 0 Å². The summed E-state index contributed by atoms with van der Waals surface area (Å²) < 4.78 is 0. The zero-order chi connectivity index (χ0) is 17.1. The highest BCUT2D eigenvalue weighted by molar-refractivity contribution is 5.95. The fourth-order valence-corrected chi connectivity index (χ4v) is 2.22. The van der Waals surface area contributed by atoms with E-state index in [4.69, 9.17) is 0 Å². The van der Waals surface area contributed by atoms with E-state index >= 15 is 0 Å². The lowest BCUT2D eigenvalue weighted by Gasteiger charge is -2.12. The predicted octanol–water partition coefficient (Wildman–Crippen LogP) is 2.89. The number of hydrogen-bond acceptors (Lipinski definition) is 3. The van der Waals surface area contributed by atoms with E-state index in [9.17, 15) is 9.59 Å². The van der Waals surface area contributed by atoms with E-state index in [1.54, 1.807) is 26.2 Å². The van der Waals surface area contributed by atoms with Crippen molar-refractivity contribution in [2.45, 2.75) is 39.0 Å². The van der Waals surface area contributed by atoms with Gasteiger partial charge < -0.3 is 15.5 Å². The Morgan fingerprint density at radius 1 is 1.09 bits per heavy atom.